The third-order valence-electron chi connectivity index (χ3n) is 4.84. The lowest BCUT2D eigenvalue weighted by Gasteiger charge is -2.23. The molecule has 0 fully saturated rings. The van der Waals surface area contributed by atoms with Crippen LogP contribution in [0.1, 0.15) is 54.2 Å². The van der Waals surface area contributed by atoms with E-state index in [1.54, 1.807) is 4.90 Å². The van der Waals surface area contributed by atoms with Gasteiger partial charge in [-0.15, -0.1) is 5.10 Å². The number of nitrogens with two attached hydrogens (primary N) is 1. The highest BCUT2D eigenvalue weighted by atomic mass is 16.4. The minimum absolute atomic E-state index is 0.367. The summed E-state index contributed by atoms with van der Waals surface area (Å²) in [5.74, 6) is -0.754. The Kier molecular flexibility index (Phi) is 5.78. The van der Waals surface area contributed by atoms with Gasteiger partial charge in [0, 0.05) is 14.1 Å². The number of carbonyl (C=O) groups excluding carboxylic acids is 1. The third kappa shape index (κ3) is 4.06. The highest BCUT2D eigenvalue weighted by Gasteiger charge is 2.35. The van der Waals surface area contributed by atoms with E-state index in [0.29, 0.717) is 17.8 Å². The van der Waals surface area contributed by atoms with Crippen molar-refractivity contribution in [2.45, 2.75) is 31.6 Å². The molecule has 0 saturated heterocycles. The van der Waals surface area contributed by atoms with Crippen LogP contribution in [0.5, 0.6) is 0 Å². The molecule has 2 atom stereocenters. The summed E-state index contributed by atoms with van der Waals surface area (Å²) < 4.78 is 5.87. The molecule has 0 aliphatic carbocycles. The maximum Gasteiger partial charge on any atom is 0.317 e. The first kappa shape index (κ1) is 19.6. The second-order valence-electron chi connectivity index (χ2n) is 7.41. The van der Waals surface area contributed by atoms with E-state index < -0.39 is 17.7 Å². The van der Waals surface area contributed by atoms with Crippen molar-refractivity contribution >= 4 is 11.9 Å². The molecule has 6 heteroatoms. The molecule has 6 nitrogen and oxygen atoms in total. The molecule has 0 saturated carbocycles. The Labute approximate surface area is 165 Å². The zero-order valence-corrected chi connectivity index (χ0v) is 16.7. The normalized spacial score (nSPS) is 13.3. The van der Waals surface area contributed by atoms with Gasteiger partial charge in [0.25, 0.3) is 0 Å². The molecule has 1 aromatic heterocycles. The molecule has 3 aromatic rings. The highest BCUT2D eigenvalue weighted by molar-refractivity contribution is 5.83. The van der Waals surface area contributed by atoms with Gasteiger partial charge < -0.3 is 15.1 Å². The third-order valence-corrected chi connectivity index (χ3v) is 4.84. The van der Waals surface area contributed by atoms with Crippen LogP contribution in [0, 0.1) is 0 Å². The number of primary amides is 1. The second-order valence-corrected chi connectivity index (χ2v) is 7.41. The fourth-order valence-electron chi connectivity index (χ4n) is 3.28. The Balaban J connectivity index is 2.11. The lowest BCUT2D eigenvalue weighted by Crippen LogP contribution is -2.28. The molecule has 2 aromatic carbocycles. The minimum atomic E-state index is -0.626. The molecular weight excluding hydrogens is 352 g/mol. The van der Waals surface area contributed by atoms with E-state index in [1.165, 1.54) is 5.56 Å². The Hall–Kier alpha value is -3.15. The van der Waals surface area contributed by atoms with Crippen LogP contribution in [0.15, 0.2) is 59.0 Å². The zero-order chi connectivity index (χ0) is 20.3. The summed E-state index contributed by atoms with van der Waals surface area (Å²) in [5.41, 5.74) is 8.80. The van der Waals surface area contributed by atoms with Crippen molar-refractivity contribution < 1.29 is 9.21 Å². The number of aromatic nitrogens is 2. The van der Waals surface area contributed by atoms with Gasteiger partial charge in [-0.1, -0.05) is 73.5 Å². The minimum Gasteiger partial charge on any atom is -0.407 e. The van der Waals surface area contributed by atoms with Gasteiger partial charge in [0.15, 0.2) is 0 Å². The van der Waals surface area contributed by atoms with Gasteiger partial charge >= 0.3 is 6.01 Å². The maximum atomic E-state index is 12.6. The molecule has 2 N–H and O–H groups in total. The molecular formula is C22H26N4O2. The SMILES string of the molecule is CC(C)c1ccc(C(C(N)=O)[C@@H](c2ccccc2)c2nnc(N(C)C)o2)cc1. The largest absolute Gasteiger partial charge is 0.407 e. The first-order chi connectivity index (χ1) is 13.4. The van der Waals surface area contributed by atoms with Crippen LogP contribution < -0.4 is 10.6 Å². The summed E-state index contributed by atoms with van der Waals surface area (Å²) in [6.07, 6.45) is 0. The molecule has 0 spiro atoms. The van der Waals surface area contributed by atoms with Crippen molar-refractivity contribution in [1.29, 1.82) is 0 Å². The van der Waals surface area contributed by atoms with Crippen molar-refractivity contribution in [3.8, 4) is 0 Å². The van der Waals surface area contributed by atoms with Crippen molar-refractivity contribution in [2.24, 2.45) is 5.73 Å². The average molecular weight is 378 g/mol. The van der Waals surface area contributed by atoms with E-state index in [4.69, 9.17) is 10.2 Å². The Morgan fingerprint density at radius 3 is 2.04 bits per heavy atom. The van der Waals surface area contributed by atoms with Crippen LogP contribution in [0.4, 0.5) is 6.01 Å². The zero-order valence-electron chi connectivity index (χ0n) is 16.7. The summed E-state index contributed by atoms with van der Waals surface area (Å²) in [5, 5.41) is 8.31. The number of amides is 1. The van der Waals surface area contributed by atoms with Crippen molar-refractivity contribution in [3.63, 3.8) is 0 Å². The van der Waals surface area contributed by atoms with Gasteiger partial charge in [-0.2, -0.15) is 0 Å². The molecule has 1 unspecified atom stereocenters. The quantitative estimate of drug-likeness (QED) is 0.678. The van der Waals surface area contributed by atoms with Crippen LogP contribution in [-0.4, -0.2) is 30.2 Å². The molecule has 0 aliphatic heterocycles. The monoisotopic (exact) mass is 378 g/mol. The van der Waals surface area contributed by atoms with E-state index in [1.807, 2.05) is 68.7 Å². The molecule has 0 aliphatic rings. The Bertz CT molecular complexity index is 917. The molecule has 3 rings (SSSR count). The number of carbonyl (C=O) groups is 1. The Morgan fingerprint density at radius 1 is 0.929 bits per heavy atom. The number of anilines is 1. The number of rotatable bonds is 7. The van der Waals surface area contributed by atoms with Gasteiger partial charge in [0.05, 0.1) is 11.8 Å². The topological polar surface area (TPSA) is 85.2 Å². The van der Waals surface area contributed by atoms with Gasteiger partial charge in [-0.25, -0.2) is 0 Å². The average Bonchev–Trinajstić information content (AvgIpc) is 3.16. The summed E-state index contributed by atoms with van der Waals surface area (Å²) in [6, 6.07) is 18.1. The molecule has 1 heterocycles. The van der Waals surface area contributed by atoms with Crippen LogP contribution in [0.3, 0.4) is 0 Å². The first-order valence-corrected chi connectivity index (χ1v) is 9.33. The molecule has 0 radical (unpaired) electrons. The van der Waals surface area contributed by atoms with Crippen LogP contribution in [0.25, 0.3) is 0 Å². The lowest BCUT2D eigenvalue weighted by atomic mass is 9.80. The Morgan fingerprint density at radius 2 is 1.54 bits per heavy atom. The van der Waals surface area contributed by atoms with E-state index in [0.717, 1.165) is 11.1 Å². The number of hydrogen-bond acceptors (Lipinski definition) is 5. The lowest BCUT2D eigenvalue weighted by molar-refractivity contribution is -0.119. The summed E-state index contributed by atoms with van der Waals surface area (Å²) >= 11 is 0. The van der Waals surface area contributed by atoms with Gasteiger partial charge in [0.1, 0.15) is 0 Å². The van der Waals surface area contributed by atoms with E-state index in [9.17, 15) is 4.79 Å². The van der Waals surface area contributed by atoms with E-state index in [-0.39, 0.29) is 0 Å². The predicted octanol–water partition coefficient (Wildman–Crippen LogP) is 3.66. The van der Waals surface area contributed by atoms with E-state index in [2.05, 4.69) is 24.0 Å². The summed E-state index contributed by atoms with van der Waals surface area (Å²) in [6.45, 7) is 4.27. The summed E-state index contributed by atoms with van der Waals surface area (Å²) in [4.78, 5) is 14.3. The van der Waals surface area contributed by atoms with Crippen molar-refractivity contribution in [2.75, 3.05) is 19.0 Å². The highest BCUT2D eigenvalue weighted by Crippen LogP contribution is 2.38. The predicted molar refractivity (Wildman–Crippen MR) is 109 cm³/mol. The van der Waals surface area contributed by atoms with Crippen LogP contribution >= 0.6 is 0 Å². The molecule has 146 valence electrons. The molecule has 0 bridgehead atoms. The van der Waals surface area contributed by atoms with Gasteiger partial charge in [-0.3, -0.25) is 4.79 Å². The maximum absolute atomic E-state index is 12.6. The number of hydrogen-bond donors (Lipinski definition) is 1. The van der Waals surface area contributed by atoms with Gasteiger partial charge in [0.2, 0.25) is 11.8 Å². The first-order valence-electron chi connectivity index (χ1n) is 9.33. The van der Waals surface area contributed by atoms with Gasteiger partial charge in [-0.05, 0) is 22.6 Å². The van der Waals surface area contributed by atoms with E-state index >= 15 is 0 Å². The fraction of sp³-hybridized carbons (Fsp3) is 0.318. The molecule has 1 amide bonds. The van der Waals surface area contributed by atoms with Crippen molar-refractivity contribution in [1.82, 2.24) is 10.2 Å². The smallest absolute Gasteiger partial charge is 0.317 e. The van der Waals surface area contributed by atoms with Crippen LogP contribution in [0.2, 0.25) is 0 Å². The van der Waals surface area contributed by atoms with Crippen molar-refractivity contribution in [3.05, 3.63) is 77.2 Å². The number of benzene rings is 2. The standard InChI is InChI=1S/C22H26N4O2/c1-14(2)15-10-12-17(13-11-15)18(20(23)27)19(16-8-6-5-7-9-16)21-24-25-22(28-21)26(3)4/h5-14,18-19H,1-4H3,(H2,23,27)/t18?,19-/m1/s1. The number of nitrogens with zero attached hydrogens (tertiary/aromatic N) is 3. The van der Waals surface area contributed by atoms with Crippen LogP contribution in [-0.2, 0) is 4.79 Å². The molecule has 28 heavy (non-hydrogen) atoms. The summed E-state index contributed by atoms with van der Waals surface area (Å²) in [7, 11) is 3.65. The second kappa shape index (κ2) is 8.25. The fourth-order valence-corrected chi connectivity index (χ4v) is 3.28.